The molecule has 0 bridgehead atoms. The first-order valence-corrected chi connectivity index (χ1v) is 12.5. The lowest BCUT2D eigenvalue weighted by molar-refractivity contribution is 0.0478. The van der Waals surface area contributed by atoms with Crippen LogP contribution in [-0.2, 0) is 6.42 Å². The largest absolute Gasteiger partial charge is 0.508 e. The SMILES string of the molecule is CCc1cc(C(=O)N2CCC3CC(NC(=O)c4cc5ccccc5[nH]c4=O)CCC3C2)ccc1O. The van der Waals surface area contributed by atoms with E-state index in [1.807, 2.05) is 36.1 Å². The number of aromatic nitrogens is 1. The van der Waals surface area contributed by atoms with Crippen molar-refractivity contribution < 1.29 is 14.7 Å². The van der Waals surface area contributed by atoms with Gasteiger partial charge in [0.15, 0.2) is 0 Å². The van der Waals surface area contributed by atoms with Crippen LogP contribution in [0.1, 0.15) is 58.9 Å². The number of carbonyl (C=O) groups is 2. The number of carbonyl (C=O) groups excluding carboxylic acids is 2. The van der Waals surface area contributed by atoms with E-state index in [0.717, 1.165) is 43.2 Å². The lowest BCUT2D eigenvalue weighted by Gasteiger charge is -2.43. The number of para-hydroxylation sites is 1. The van der Waals surface area contributed by atoms with E-state index in [1.54, 1.807) is 24.3 Å². The van der Waals surface area contributed by atoms with Crippen molar-refractivity contribution in [2.75, 3.05) is 13.1 Å². The van der Waals surface area contributed by atoms with Gasteiger partial charge >= 0.3 is 0 Å². The Kier molecular flexibility index (Phi) is 6.32. The summed E-state index contributed by atoms with van der Waals surface area (Å²) in [6, 6.07) is 14.2. The predicted molar refractivity (Wildman–Crippen MR) is 135 cm³/mol. The van der Waals surface area contributed by atoms with E-state index in [-0.39, 0.29) is 34.7 Å². The molecular weight excluding hydrogens is 442 g/mol. The summed E-state index contributed by atoms with van der Waals surface area (Å²) >= 11 is 0. The maximum atomic E-state index is 13.1. The monoisotopic (exact) mass is 473 g/mol. The Balaban J connectivity index is 1.21. The zero-order chi connectivity index (χ0) is 24.5. The molecule has 2 amide bonds. The van der Waals surface area contributed by atoms with E-state index < -0.39 is 0 Å². The number of benzene rings is 2. The Morgan fingerprint density at radius 1 is 1.09 bits per heavy atom. The van der Waals surface area contributed by atoms with Crippen molar-refractivity contribution in [2.24, 2.45) is 11.8 Å². The highest BCUT2D eigenvalue weighted by Crippen LogP contribution is 2.37. The fraction of sp³-hybridized carbons (Fsp3) is 0.393. The van der Waals surface area contributed by atoms with Gasteiger partial charge in [0, 0.05) is 30.2 Å². The van der Waals surface area contributed by atoms with Crippen LogP contribution in [0.4, 0.5) is 0 Å². The highest BCUT2D eigenvalue weighted by Gasteiger charge is 2.37. The molecular formula is C28H31N3O4. The average Bonchev–Trinajstić information content (AvgIpc) is 2.87. The predicted octanol–water partition coefficient (Wildman–Crippen LogP) is 3.86. The summed E-state index contributed by atoms with van der Waals surface area (Å²) in [6.45, 7) is 3.37. The van der Waals surface area contributed by atoms with E-state index in [2.05, 4.69) is 10.3 Å². The number of amides is 2. The molecule has 2 aliphatic rings. The number of hydrogen-bond donors (Lipinski definition) is 3. The molecule has 1 saturated carbocycles. The number of aromatic amines is 1. The highest BCUT2D eigenvalue weighted by molar-refractivity contribution is 5.97. The zero-order valence-electron chi connectivity index (χ0n) is 19.9. The smallest absolute Gasteiger partial charge is 0.261 e. The summed E-state index contributed by atoms with van der Waals surface area (Å²) in [4.78, 5) is 43.2. The number of aryl methyl sites for hydroxylation is 1. The molecule has 3 aromatic rings. The Morgan fingerprint density at radius 3 is 2.74 bits per heavy atom. The van der Waals surface area contributed by atoms with Gasteiger partial charge in [-0.05, 0) is 85.2 Å². The molecule has 7 nitrogen and oxygen atoms in total. The summed E-state index contributed by atoms with van der Waals surface area (Å²) < 4.78 is 0. The van der Waals surface area contributed by atoms with Gasteiger partial charge in [0.2, 0.25) is 0 Å². The molecule has 3 N–H and O–H groups in total. The summed E-state index contributed by atoms with van der Waals surface area (Å²) in [5.41, 5.74) is 1.90. The minimum atomic E-state index is -0.373. The molecule has 3 atom stereocenters. The molecule has 5 rings (SSSR count). The molecule has 2 aromatic carbocycles. The number of H-pyrrole nitrogens is 1. The Bertz CT molecular complexity index is 1330. The van der Waals surface area contributed by atoms with Crippen molar-refractivity contribution in [2.45, 2.75) is 45.1 Å². The van der Waals surface area contributed by atoms with E-state index in [4.69, 9.17) is 0 Å². The van der Waals surface area contributed by atoms with Crippen LogP contribution in [0.3, 0.4) is 0 Å². The normalized spacial score (nSPS) is 22.0. The van der Waals surface area contributed by atoms with Crippen LogP contribution in [-0.4, -0.2) is 45.9 Å². The third-order valence-corrected chi connectivity index (χ3v) is 7.69. The fourth-order valence-electron chi connectivity index (χ4n) is 5.70. The summed E-state index contributed by atoms with van der Waals surface area (Å²) in [5, 5.41) is 13.8. The third-order valence-electron chi connectivity index (χ3n) is 7.69. The molecule has 2 fully saturated rings. The second-order valence-electron chi connectivity index (χ2n) is 9.84. The molecule has 0 radical (unpaired) electrons. The van der Waals surface area contributed by atoms with Crippen LogP contribution in [0.25, 0.3) is 10.9 Å². The Hall–Kier alpha value is -3.61. The van der Waals surface area contributed by atoms with Crippen LogP contribution >= 0.6 is 0 Å². The van der Waals surface area contributed by atoms with Gasteiger partial charge in [-0.25, -0.2) is 0 Å². The van der Waals surface area contributed by atoms with Gasteiger partial charge in [-0.1, -0.05) is 25.1 Å². The maximum absolute atomic E-state index is 13.1. The van der Waals surface area contributed by atoms with Crippen molar-refractivity contribution >= 4 is 22.7 Å². The van der Waals surface area contributed by atoms with Gasteiger partial charge < -0.3 is 20.3 Å². The van der Waals surface area contributed by atoms with Gasteiger partial charge in [0.25, 0.3) is 17.4 Å². The number of phenolic OH excluding ortho intramolecular Hbond substituents is 1. The van der Waals surface area contributed by atoms with Crippen LogP contribution in [0.2, 0.25) is 0 Å². The van der Waals surface area contributed by atoms with Crippen molar-refractivity contribution in [3.05, 3.63) is 75.6 Å². The van der Waals surface area contributed by atoms with E-state index in [9.17, 15) is 19.5 Å². The van der Waals surface area contributed by atoms with Crippen LogP contribution in [0.5, 0.6) is 5.75 Å². The average molecular weight is 474 g/mol. The molecule has 1 aromatic heterocycles. The van der Waals surface area contributed by atoms with Gasteiger partial charge in [0.05, 0.1) is 0 Å². The minimum absolute atomic E-state index is 0.0177. The van der Waals surface area contributed by atoms with E-state index >= 15 is 0 Å². The molecule has 182 valence electrons. The number of pyridine rings is 1. The molecule has 1 saturated heterocycles. The molecule has 1 aliphatic heterocycles. The third kappa shape index (κ3) is 4.67. The lowest BCUT2D eigenvalue weighted by atomic mass is 9.73. The first-order chi connectivity index (χ1) is 16.9. The summed E-state index contributed by atoms with van der Waals surface area (Å²) in [7, 11) is 0. The molecule has 7 heteroatoms. The van der Waals surface area contributed by atoms with Crippen molar-refractivity contribution in [1.29, 1.82) is 0 Å². The highest BCUT2D eigenvalue weighted by atomic mass is 16.3. The zero-order valence-corrected chi connectivity index (χ0v) is 19.9. The minimum Gasteiger partial charge on any atom is -0.508 e. The van der Waals surface area contributed by atoms with Crippen molar-refractivity contribution in [3.8, 4) is 5.75 Å². The Labute approximate surface area is 204 Å². The van der Waals surface area contributed by atoms with Crippen LogP contribution in [0, 0.1) is 11.8 Å². The Morgan fingerprint density at radius 2 is 1.91 bits per heavy atom. The number of piperidine rings is 1. The summed E-state index contributed by atoms with van der Waals surface area (Å²) in [5.74, 6) is 0.775. The number of fused-ring (bicyclic) bond motifs is 2. The first-order valence-electron chi connectivity index (χ1n) is 12.5. The number of aromatic hydroxyl groups is 1. The number of phenols is 1. The molecule has 1 aliphatic carbocycles. The number of hydrogen-bond acceptors (Lipinski definition) is 4. The number of nitrogens with zero attached hydrogens (tertiary/aromatic N) is 1. The molecule has 2 heterocycles. The van der Waals surface area contributed by atoms with Gasteiger partial charge in [-0.2, -0.15) is 0 Å². The van der Waals surface area contributed by atoms with Gasteiger partial charge in [0.1, 0.15) is 11.3 Å². The molecule has 35 heavy (non-hydrogen) atoms. The van der Waals surface area contributed by atoms with Gasteiger partial charge in [-0.3, -0.25) is 14.4 Å². The second kappa shape index (κ2) is 9.56. The van der Waals surface area contributed by atoms with E-state index in [1.165, 1.54) is 0 Å². The second-order valence-corrected chi connectivity index (χ2v) is 9.84. The van der Waals surface area contributed by atoms with Crippen LogP contribution < -0.4 is 10.9 Å². The molecule has 0 spiro atoms. The van der Waals surface area contributed by atoms with Crippen molar-refractivity contribution in [3.63, 3.8) is 0 Å². The summed E-state index contributed by atoms with van der Waals surface area (Å²) in [6.07, 6.45) is 4.21. The fourth-order valence-corrected chi connectivity index (χ4v) is 5.70. The first kappa shape index (κ1) is 23.1. The lowest BCUT2D eigenvalue weighted by Crippen LogP contribution is -2.49. The molecule has 3 unspecified atom stereocenters. The number of rotatable bonds is 4. The quantitative estimate of drug-likeness (QED) is 0.535. The maximum Gasteiger partial charge on any atom is 0.261 e. The van der Waals surface area contributed by atoms with Gasteiger partial charge in [-0.15, -0.1) is 0 Å². The topological polar surface area (TPSA) is 103 Å². The standard InChI is InChI=1S/C28H31N3O4/c1-2-17-13-20(8-10-25(17)32)28(35)31-12-11-18-14-22(9-7-21(18)16-31)29-26(33)23-15-19-5-3-4-6-24(19)30-27(23)34/h3-6,8,10,13,15,18,21-22,32H,2,7,9,11-12,14,16H2,1H3,(H,29,33)(H,30,34). The van der Waals surface area contributed by atoms with Crippen LogP contribution in [0.15, 0.2) is 53.3 Å². The number of likely N-dealkylation sites (tertiary alicyclic amines) is 1. The van der Waals surface area contributed by atoms with E-state index in [0.29, 0.717) is 35.9 Å². The number of nitrogens with one attached hydrogen (secondary N) is 2. The van der Waals surface area contributed by atoms with Crippen molar-refractivity contribution in [1.82, 2.24) is 15.2 Å².